The lowest BCUT2D eigenvalue weighted by Gasteiger charge is -2.39. The van der Waals surface area contributed by atoms with Gasteiger partial charge < -0.3 is 10.5 Å². The fraction of sp³-hybridized carbons (Fsp3) is 0.647. The molecule has 0 amide bonds. The number of fused-ring (bicyclic) bond motifs is 1. The van der Waals surface area contributed by atoms with Gasteiger partial charge in [0, 0.05) is 18.6 Å². The number of nitrogens with two attached hydrogens (primary N) is 1. The van der Waals surface area contributed by atoms with E-state index in [4.69, 9.17) is 10.5 Å². The van der Waals surface area contributed by atoms with Crippen molar-refractivity contribution in [1.82, 2.24) is 0 Å². The molecule has 0 radical (unpaired) electrons. The number of rotatable bonds is 4. The van der Waals surface area contributed by atoms with Gasteiger partial charge in [-0.15, -0.1) is 0 Å². The van der Waals surface area contributed by atoms with Gasteiger partial charge in [-0.1, -0.05) is 24.3 Å². The molecule has 0 spiro atoms. The summed E-state index contributed by atoms with van der Waals surface area (Å²) in [6.45, 7) is 1.73. The van der Waals surface area contributed by atoms with Crippen LogP contribution in [0.5, 0.6) is 0 Å². The summed E-state index contributed by atoms with van der Waals surface area (Å²) in [6, 6.07) is 8.91. The van der Waals surface area contributed by atoms with E-state index >= 15 is 0 Å². The van der Waals surface area contributed by atoms with Crippen molar-refractivity contribution in [2.24, 2.45) is 5.73 Å². The predicted molar refractivity (Wildman–Crippen MR) is 78.3 cm³/mol. The molecule has 2 atom stereocenters. The average molecular weight is 259 g/mol. The highest BCUT2D eigenvalue weighted by Crippen LogP contribution is 2.41. The summed E-state index contributed by atoms with van der Waals surface area (Å²) in [4.78, 5) is 0. The van der Waals surface area contributed by atoms with E-state index in [1.165, 1.54) is 56.1 Å². The van der Waals surface area contributed by atoms with Gasteiger partial charge in [0.25, 0.3) is 0 Å². The van der Waals surface area contributed by atoms with Crippen LogP contribution in [0, 0.1) is 0 Å². The zero-order chi connectivity index (χ0) is 13.1. The lowest BCUT2D eigenvalue weighted by atomic mass is 9.67. The zero-order valence-corrected chi connectivity index (χ0v) is 11.7. The smallest absolute Gasteiger partial charge is 0.0576 e. The third-order valence-corrected chi connectivity index (χ3v) is 5.05. The Kier molecular flexibility index (Phi) is 3.90. The highest BCUT2D eigenvalue weighted by atomic mass is 16.5. The van der Waals surface area contributed by atoms with Gasteiger partial charge in [-0.25, -0.2) is 0 Å². The quantitative estimate of drug-likeness (QED) is 0.901. The van der Waals surface area contributed by atoms with Gasteiger partial charge in [-0.2, -0.15) is 0 Å². The molecule has 2 aliphatic rings. The summed E-state index contributed by atoms with van der Waals surface area (Å²) in [6.07, 6.45) is 9.05. The summed E-state index contributed by atoms with van der Waals surface area (Å²) in [7, 11) is 0. The lowest BCUT2D eigenvalue weighted by Crippen LogP contribution is -2.39. The third kappa shape index (κ3) is 2.56. The van der Waals surface area contributed by atoms with Crippen molar-refractivity contribution in [2.45, 2.75) is 56.5 Å². The maximum absolute atomic E-state index is 6.20. The van der Waals surface area contributed by atoms with Crippen LogP contribution in [0.3, 0.4) is 0 Å². The Morgan fingerprint density at radius 2 is 2.16 bits per heavy atom. The van der Waals surface area contributed by atoms with Crippen LogP contribution in [-0.4, -0.2) is 19.3 Å². The molecular weight excluding hydrogens is 234 g/mol. The van der Waals surface area contributed by atoms with E-state index in [-0.39, 0.29) is 5.41 Å². The molecule has 1 saturated heterocycles. The van der Waals surface area contributed by atoms with Crippen LogP contribution >= 0.6 is 0 Å². The van der Waals surface area contributed by atoms with Crippen molar-refractivity contribution in [3.05, 3.63) is 35.4 Å². The van der Waals surface area contributed by atoms with Crippen molar-refractivity contribution in [2.75, 3.05) is 13.2 Å². The van der Waals surface area contributed by atoms with E-state index in [0.717, 1.165) is 13.2 Å². The Balaban J connectivity index is 1.78. The van der Waals surface area contributed by atoms with Crippen molar-refractivity contribution >= 4 is 0 Å². The van der Waals surface area contributed by atoms with E-state index in [1.54, 1.807) is 0 Å². The largest absolute Gasteiger partial charge is 0.378 e. The fourth-order valence-corrected chi connectivity index (χ4v) is 3.89. The summed E-state index contributed by atoms with van der Waals surface area (Å²) >= 11 is 0. The first-order valence-electron chi connectivity index (χ1n) is 7.74. The van der Waals surface area contributed by atoms with Crippen LogP contribution in [0.15, 0.2) is 24.3 Å². The molecule has 2 nitrogen and oxygen atoms in total. The Labute approximate surface area is 116 Å². The molecule has 2 heteroatoms. The summed E-state index contributed by atoms with van der Waals surface area (Å²) in [5.74, 6) is 0. The number of ether oxygens (including phenoxy) is 1. The van der Waals surface area contributed by atoms with Crippen LogP contribution in [0.4, 0.5) is 0 Å². The first-order valence-corrected chi connectivity index (χ1v) is 7.74. The molecule has 1 aromatic carbocycles. The minimum atomic E-state index is 0.209. The van der Waals surface area contributed by atoms with Gasteiger partial charge in [-0.05, 0) is 56.1 Å². The van der Waals surface area contributed by atoms with Crippen molar-refractivity contribution in [3.63, 3.8) is 0 Å². The molecule has 19 heavy (non-hydrogen) atoms. The summed E-state index contributed by atoms with van der Waals surface area (Å²) < 4.78 is 5.78. The van der Waals surface area contributed by atoms with Crippen LogP contribution < -0.4 is 5.73 Å². The minimum absolute atomic E-state index is 0.209. The van der Waals surface area contributed by atoms with E-state index in [1.807, 2.05) is 0 Å². The van der Waals surface area contributed by atoms with Gasteiger partial charge in [0.1, 0.15) is 0 Å². The zero-order valence-electron chi connectivity index (χ0n) is 11.7. The molecule has 1 aromatic rings. The molecule has 2 N–H and O–H groups in total. The number of hydrogen-bond donors (Lipinski definition) is 1. The summed E-state index contributed by atoms with van der Waals surface area (Å²) in [5, 5.41) is 0. The highest BCUT2D eigenvalue weighted by molar-refractivity contribution is 5.37. The number of hydrogen-bond acceptors (Lipinski definition) is 2. The first-order chi connectivity index (χ1) is 9.34. The van der Waals surface area contributed by atoms with Crippen molar-refractivity contribution in [3.8, 4) is 0 Å². The summed E-state index contributed by atoms with van der Waals surface area (Å²) in [5.41, 5.74) is 9.44. The van der Waals surface area contributed by atoms with Crippen LogP contribution in [0.25, 0.3) is 0 Å². The monoisotopic (exact) mass is 259 g/mol. The maximum atomic E-state index is 6.20. The highest BCUT2D eigenvalue weighted by Gasteiger charge is 2.35. The van der Waals surface area contributed by atoms with Gasteiger partial charge in [0.15, 0.2) is 0 Å². The normalized spacial score (nSPS) is 30.3. The molecule has 1 fully saturated rings. The minimum Gasteiger partial charge on any atom is -0.378 e. The molecule has 0 aromatic heterocycles. The average Bonchev–Trinajstić information content (AvgIpc) is 2.98. The second-order valence-corrected chi connectivity index (χ2v) is 6.17. The standard InChI is InChI=1S/C17H25NO/c18-13-17(11-9-15-7-4-12-19-15)10-3-6-14-5-1-2-8-16(14)17/h1-2,5,8,15H,3-4,6-7,9-13,18H2. The first kappa shape index (κ1) is 13.1. The van der Waals surface area contributed by atoms with E-state index in [9.17, 15) is 0 Å². The molecule has 1 aliphatic carbocycles. The van der Waals surface area contributed by atoms with Crippen LogP contribution in [0.1, 0.15) is 49.7 Å². The van der Waals surface area contributed by atoms with Gasteiger partial charge in [0.05, 0.1) is 6.10 Å². The number of aryl methyl sites for hydroxylation is 1. The molecule has 2 unspecified atom stereocenters. The number of benzene rings is 1. The Bertz CT molecular complexity index is 425. The Morgan fingerprint density at radius 3 is 2.95 bits per heavy atom. The Morgan fingerprint density at radius 1 is 1.26 bits per heavy atom. The molecule has 0 saturated carbocycles. The molecule has 104 valence electrons. The van der Waals surface area contributed by atoms with Gasteiger partial charge >= 0.3 is 0 Å². The topological polar surface area (TPSA) is 35.2 Å². The fourth-order valence-electron chi connectivity index (χ4n) is 3.89. The predicted octanol–water partition coefficient (Wildman–Crippen LogP) is 3.18. The third-order valence-electron chi connectivity index (χ3n) is 5.05. The molecule has 0 bridgehead atoms. The molecule has 1 aliphatic heterocycles. The lowest BCUT2D eigenvalue weighted by molar-refractivity contribution is 0.0944. The Hall–Kier alpha value is -0.860. The molecular formula is C17H25NO. The van der Waals surface area contributed by atoms with Crippen molar-refractivity contribution < 1.29 is 4.74 Å². The van der Waals surface area contributed by atoms with E-state index < -0.39 is 0 Å². The second-order valence-electron chi connectivity index (χ2n) is 6.17. The molecule has 1 heterocycles. The van der Waals surface area contributed by atoms with E-state index in [0.29, 0.717) is 6.10 Å². The van der Waals surface area contributed by atoms with E-state index in [2.05, 4.69) is 24.3 Å². The maximum Gasteiger partial charge on any atom is 0.0576 e. The van der Waals surface area contributed by atoms with Gasteiger partial charge in [0.2, 0.25) is 0 Å². The van der Waals surface area contributed by atoms with Gasteiger partial charge in [-0.3, -0.25) is 0 Å². The second kappa shape index (κ2) is 5.64. The SMILES string of the molecule is NCC1(CCC2CCCO2)CCCc2ccccc21. The van der Waals surface area contributed by atoms with Crippen LogP contribution in [-0.2, 0) is 16.6 Å². The molecule has 3 rings (SSSR count). The van der Waals surface area contributed by atoms with Crippen molar-refractivity contribution in [1.29, 1.82) is 0 Å². The van der Waals surface area contributed by atoms with Crippen LogP contribution in [0.2, 0.25) is 0 Å².